The monoisotopic (exact) mass is 382 g/mol. The van der Waals surface area contributed by atoms with E-state index in [1.54, 1.807) is 11.8 Å². The number of hydrogen-bond acceptors (Lipinski definition) is 8. The maximum absolute atomic E-state index is 11.9. The largest absolute Gasteiger partial charge is 0.450 e. The Morgan fingerprint density at radius 2 is 1.89 bits per heavy atom. The standard InChI is InChI=1S/C18H22N8O2/c1-3-28-18(27)26-10-8-25(9-11-26)17-20-15(14-16(21-17)23-24-22-14)19-13-6-4-12(2)5-7-13/h4-7H,3,8-11H2,1-2H3,(H2,19,20,21,22,23,24). The van der Waals surface area contributed by atoms with Gasteiger partial charge in [0.1, 0.15) is 0 Å². The minimum atomic E-state index is -0.281. The van der Waals surface area contributed by atoms with Crippen LogP contribution in [0.1, 0.15) is 12.5 Å². The number of aromatic nitrogens is 5. The van der Waals surface area contributed by atoms with Crippen LogP contribution < -0.4 is 10.2 Å². The fourth-order valence-corrected chi connectivity index (χ4v) is 3.04. The maximum atomic E-state index is 11.9. The van der Waals surface area contributed by atoms with Gasteiger partial charge in [0.05, 0.1) is 6.61 Å². The zero-order chi connectivity index (χ0) is 19.5. The summed E-state index contributed by atoms with van der Waals surface area (Å²) in [7, 11) is 0. The number of carbonyl (C=O) groups is 1. The van der Waals surface area contributed by atoms with Crippen LogP contribution in [-0.2, 0) is 4.74 Å². The first-order valence-electron chi connectivity index (χ1n) is 9.23. The van der Waals surface area contributed by atoms with E-state index in [2.05, 4.69) is 30.7 Å². The molecular formula is C18H22N8O2. The third-order valence-electron chi connectivity index (χ3n) is 4.57. The van der Waals surface area contributed by atoms with Gasteiger partial charge in [-0.15, -0.1) is 5.10 Å². The third-order valence-corrected chi connectivity index (χ3v) is 4.57. The second kappa shape index (κ2) is 7.67. The zero-order valence-corrected chi connectivity index (χ0v) is 15.8. The highest BCUT2D eigenvalue weighted by Gasteiger charge is 2.24. The maximum Gasteiger partial charge on any atom is 0.409 e. The quantitative estimate of drug-likeness (QED) is 0.705. The van der Waals surface area contributed by atoms with E-state index in [1.165, 1.54) is 5.56 Å². The van der Waals surface area contributed by atoms with E-state index in [1.807, 2.05) is 36.1 Å². The Labute approximate surface area is 161 Å². The average Bonchev–Trinajstić information content (AvgIpc) is 3.19. The Balaban J connectivity index is 1.55. The molecule has 1 aliphatic rings. The van der Waals surface area contributed by atoms with Crippen LogP contribution in [0, 0.1) is 6.92 Å². The Kier molecular flexibility index (Phi) is 4.92. The molecule has 2 aromatic heterocycles. The molecule has 0 aliphatic carbocycles. The lowest BCUT2D eigenvalue weighted by atomic mass is 10.2. The van der Waals surface area contributed by atoms with Crippen LogP contribution in [0.3, 0.4) is 0 Å². The molecule has 1 aromatic carbocycles. The second-order valence-electron chi connectivity index (χ2n) is 6.53. The molecule has 28 heavy (non-hydrogen) atoms. The summed E-state index contributed by atoms with van der Waals surface area (Å²) in [5, 5.41) is 14.2. The van der Waals surface area contributed by atoms with Crippen LogP contribution in [0.15, 0.2) is 24.3 Å². The molecule has 10 nitrogen and oxygen atoms in total. The van der Waals surface area contributed by atoms with Crippen molar-refractivity contribution >= 4 is 34.7 Å². The van der Waals surface area contributed by atoms with Gasteiger partial charge in [0.15, 0.2) is 11.3 Å². The molecule has 10 heteroatoms. The van der Waals surface area contributed by atoms with Crippen molar-refractivity contribution in [2.24, 2.45) is 0 Å². The van der Waals surface area contributed by atoms with Crippen molar-refractivity contribution in [3.8, 4) is 0 Å². The predicted octanol–water partition coefficient (Wildman–Crippen LogP) is 2.08. The molecule has 0 saturated carbocycles. The van der Waals surface area contributed by atoms with Crippen LogP contribution >= 0.6 is 0 Å². The first-order chi connectivity index (χ1) is 13.6. The molecule has 0 radical (unpaired) electrons. The van der Waals surface area contributed by atoms with E-state index in [0.717, 1.165) is 5.69 Å². The highest BCUT2D eigenvalue weighted by molar-refractivity contribution is 5.85. The smallest absolute Gasteiger partial charge is 0.409 e. The molecule has 3 aromatic rings. The first-order valence-corrected chi connectivity index (χ1v) is 9.23. The number of carbonyl (C=O) groups excluding carboxylic acids is 1. The van der Waals surface area contributed by atoms with Crippen molar-refractivity contribution < 1.29 is 9.53 Å². The number of aryl methyl sites for hydroxylation is 1. The highest BCUT2D eigenvalue weighted by atomic mass is 16.6. The van der Waals surface area contributed by atoms with Crippen LogP contribution in [0.25, 0.3) is 11.2 Å². The Morgan fingerprint density at radius 3 is 2.61 bits per heavy atom. The second-order valence-corrected chi connectivity index (χ2v) is 6.53. The molecule has 0 bridgehead atoms. The molecule has 0 unspecified atom stereocenters. The van der Waals surface area contributed by atoms with Gasteiger partial charge >= 0.3 is 6.09 Å². The molecule has 3 heterocycles. The summed E-state index contributed by atoms with van der Waals surface area (Å²) in [6, 6.07) is 8.03. The third kappa shape index (κ3) is 3.66. The number of nitrogens with zero attached hydrogens (tertiary/aromatic N) is 6. The van der Waals surface area contributed by atoms with Gasteiger partial charge < -0.3 is 19.9 Å². The lowest BCUT2D eigenvalue weighted by Gasteiger charge is -2.34. The first kappa shape index (κ1) is 18.0. The summed E-state index contributed by atoms with van der Waals surface area (Å²) in [6.45, 7) is 6.56. The van der Waals surface area contributed by atoms with Crippen molar-refractivity contribution in [2.45, 2.75) is 13.8 Å². The van der Waals surface area contributed by atoms with Crippen molar-refractivity contribution in [2.75, 3.05) is 43.0 Å². The minimum absolute atomic E-state index is 0.281. The lowest BCUT2D eigenvalue weighted by molar-refractivity contribution is 0.105. The van der Waals surface area contributed by atoms with Gasteiger partial charge in [-0.05, 0) is 26.0 Å². The molecule has 1 fully saturated rings. The molecule has 0 spiro atoms. The summed E-state index contributed by atoms with van der Waals surface area (Å²) >= 11 is 0. The molecule has 146 valence electrons. The van der Waals surface area contributed by atoms with Gasteiger partial charge in [-0.25, -0.2) is 4.79 Å². The van der Waals surface area contributed by atoms with Gasteiger partial charge in [0.25, 0.3) is 0 Å². The van der Waals surface area contributed by atoms with Gasteiger partial charge in [-0.2, -0.15) is 20.3 Å². The summed E-state index contributed by atoms with van der Waals surface area (Å²) in [5.74, 6) is 1.14. The van der Waals surface area contributed by atoms with Gasteiger partial charge in [0.2, 0.25) is 11.6 Å². The lowest BCUT2D eigenvalue weighted by Crippen LogP contribution is -2.49. The topological polar surface area (TPSA) is 112 Å². The van der Waals surface area contributed by atoms with E-state index in [0.29, 0.717) is 55.7 Å². The van der Waals surface area contributed by atoms with Crippen LogP contribution in [0.4, 0.5) is 22.2 Å². The fourth-order valence-electron chi connectivity index (χ4n) is 3.04. The van der Waals surface area contributed by atoms with Crippen molar-refractivity contribution in [1.82, 2.24) is 30.3 Å². The minimum Gasteiger partial charge on any atom is -0.450 e. The van der Waals surface area contributed by atoms with Crippen LogP contribution in [-0.4, -0.2) is 69.2 Å². The van der Waals surface area contributed by atoms with E-state index in [9.17, 15) is 4.79 Å². The number of rotatable bonds is 4. The van der Waals surface area contributed by atoms with Crippen molar-refractivity contribution in [3.05, 3.63) is 29.8 Å². The predicted molar refractivity (Wildman–Crippen MR) is 105 cm³/mol. The van der Waals surface area contributed by atoms with E-state index in [4.69, 9.17) is 4.74 Å². The average molecular weight is 382 g/mol. The number of aromatic amines is 1. The van der Waals surface area contributed by atoms with Crippen molar-refractivity contribution in [3.63, 3.8) is 0 Å². The number of piperazine rings is 1. The number of H-pyrrole nitrogens is 1. The van der Waals surface area contributed by atoms with Gasteiger partial charge in [-0.3, -0.25) is 0 Å². The molecule has 4 rings (SSSR count). The van der Waals surface area contributed by atoms with Crippen LogP contribution in [0.5, 0.6) is 0 Å². The Hall–Kier alpha value is -3.43. The normalized spacial score (nSPS) is 14.4. The van der Waals surface area contributed by atoms with E-state index in [-0.39, 0.29) is 6.09 Å². The number of anilines is 3. The summed E-state index contributed by atoms with van der Waals surface area (Å²) in [6.07, 6.45) is -0.281. The molecule has 2 N–H and O–H groups in total. The summed E-state index contributed by atoms with van der Waals surface area (Å²) in [5.41, 5.74) is 3.16. The molecule has 1 aliphatic heterocycles. The number of nitrogens with one attached hydrogen (secondary N) is 2. The van der Waals surface area contributed by atoms with Crippen molar-refractivity contribution in [1.29, 1.82) is 0 Å². The zero-order valence-electron chi connectivity index (χ0n) is 15.8. The van der Waals surface area contributed by atoms with E-state index < -0.39 is 0 Å². The van der Waals surface area contributed by atoms with Gasteiger partial charge in [0, 0.05) is 31.9 Å². The highest BCUT2D eigenvalue weighted by Crippen LogP contribution is 2.24. The SMILES string of the molecule is CCOC(=O)N1CCN(c2nc(Nc3ccc(C)cc3)c3n[nH]nc3n2)CC1. The number of fused-ring (bicyclic) bond motifs is 1. The van der Waals surface area contributed by atoms with Gasteiger partial charge in [-0.1, -0.05) is 17.7 Å². The number of ether oxygens (including phenoxy) is 1. The summed E-state index contributed by atoms with van der Waals surface area (Å²) in [4.78, 5) is 24.8. The number of hydrogen-bond donors (Lipinski definition) is 2. The fraction of sp³-hybridized carbons (Fsp3) is 0.389. The Morgan fingerprint density at radius 1 is 1.14 bits per heavy atom. The summed E-state index contributed by atoms with van der Waals surface area (Å²) < 4.78 is 5.07. The molecule has 0 atom stereocenters. The van der Waals surface area contributed by atoms with E-state index >= 15 is 0 Å². The number of amides is 1. The Bertz CT molecular complexity index is 963. The molecule has 1 saturated heterocycles. The molecule has 1 amide bonds. The number of benzene rings is 1. The van der Waals surface area contributed by atoms with Crippen LogP contribution in [0.2, 0.25) is 0 Å². The molecular weight excluding hydrogens is 360 g/mol.